The maximum atomic E-state index is 13.0. The lowest BCUT2D eigenvalue weighted by molar-refractivity contribution is -0.302. The third-order valence-corrected chi connectivity index (χ3v) is 10.4. The summed E-state index contributed by atoms with van der Waals surface area (Å²) in [6.45, 7) is 3.57. The van der Waals surface area contributed by atoms with Crippen molar-refractivity contribution in [2.45, 2.75) is 230 Å². The minimum absolute atomic E-state index is 0.307. The Hall–Kier alpha value is -1.37. The van der Waals surface area contributed by atoms with E-state index in [1.54, 1.807) is 6.08 Å². The molecule has 1 heterocycles. The minimum atomic E-state index is -1.61. The average Bonchev–Trinajstić information content (AvgIpc) is 3.16. The summed E-state index contributed by atoms with van der Waals surface area (Å²) >= 11 is 0. The fourth-order valence-electron chi connectivity index (χ4n) is 6.74. The molecule has 10 heteroatoms. The standard InChI is InChI=1S/C43H81NO9/c1-3-5-7-9-11-13-15-16-17-18-19-20-22-23-25-27-29-31-36(46)35(34-52-43-41(50)40(49)39(48)38(33-45)53-43)44-42(51)37(47)32-30-28-26-24-21-14-12-10-8-6-4-2/h16-17,29,31,35-41,43,45-50H,3-15,18-28,30,32-34H2,1-2H3,(H,44,51)/b17-16-,31-29+/t35-,36+,37+,38?,39+,40?,41?,43+/m0/s1. The third-order valence-electron chi connectivity index (χ3n) is 10.4. The summed E-state index contributed by atoms with van der Waals surface area (Å²) in [5.74, 6) is -0.621. The molecule has 8 atom stereocenters. The van der Waals surface area contributed by atoms with Crippen molar-refractivity contribution in [3.63, 3.8) is 0 Å². The number of aliphatic hydroxyl groups is 6. The van der Waals surface area contributed by atoms with Gasteiger partial charge < -0.3 is 45.4 Å². The van der Waals surface area contributed by atoms with Crippen LogP contribution in [0.3, 0.4) is 0 Å². The zero-order valence-corrected chi connectivity index (χ0v) is 33.6. The highest BCUT2D eigenvalue weighted by molar-refractivity contribution is 5.80. The number of aliphatic hydroxyl groups excluding tert-OH is 6. The summed E-state index contributed by atoms with van der Waals surface area (Å²) in [7, 11) is 0. The van der Waals surface area contributed by atoms with Crippen molar-refractivity contribution in [3.05, 3.63) is 24.3 Å². The first-order valence-corrected chi connectivity index (χ1v) is 21.7. The van der Waals surface area contributed by atoms with Crippen molar-refractivity contribution in [1.29, 1.82) is 0 Å². The quantitative estimate of drug-likeness (QED) is 0.0259. The van der Waals surface area contributed by atoms with Crippen LogP contribution in [0.4, 0.5) is 0 Å². The van der Waals surface area contributed by atoms with Gasteiger partial charge in [0.15, 0.2) is 6.29 Å². The highest BCUT2D eigenvalue weighted by Gasteiger charge is 2.44. The summed E-state index contributed by atoms with van der Waals surface area (Å²) in [4.78, 5) is 13.0. The van der Waals surface area contributed by atoms with Crippen LogP contribution < -0.4 is 5.32 Å². The first-order chi connectivity index (χ1) is 25.8. The van der Waals surface area contributed by atoms with E-state index in [9.17, 15) is 35.4 Å². The zero-order valence-electron chi connectivity index (χ0n) is 33.6. The highest BCUT2D eigenvalue weighted by Crippen LogP contribution is 2.22. The van der Waals surface area contributed by atoms with E-state index in [1.807, 2.05) is 6.08 Å². The molecular formula is C43H81NO9. The van der Waals surface area contributed by atoms with Crippen molar-refractivity contribution >= 4 is 5.91 Å². The van der Waals surface area contributed by atoms with Gasteiger partial charge in [0, 0.05) is 0 Å². The molecule has 53 heavy (non-hydrogen) atoms. The van der Waals surface area contributed by atoms with Gasteiger partial charge in [0.25, 0.3) is 0 Å². The van der Waals surface area contributed by atoms with Gasteiger partial charge in [0.1, 0.15) is 30.5 Å². The molecule has 0 aromatic heterocycles. The number of nitrogens with one attached hydrogen (secondary N) is 1. The SMILES string of the molecule is CCCCCCCC/C=C\CCCCCCC/C=C/[C@@H](O)[C@H](CO[C@@H]1OC(CO)[C@@H](O)C(O)C1O)NC(=O)[C@H](O)CCCCCCCCCCCCC. The Morgan fingerprint density at radius 3 is 1.58 bits per heavy atom. The molecule has 3 unspecified atom stereocenters. The average molecular weight is 756 g/mol. The Bertz CT molecular complexity index is 901. The Labute approximate surface area is 322 Å². The maximum Gasteiger partial charge on any atom is 0.249 e. The Balaban J connectivity index is 2.47. The number of ether oxygens (including phenoxy) is 2. The molecule has 0 saturated carbocycles. The van der Waals surface area contributed by atoms with Crippen LogP contribution in [-0.4, -0.2) is 98.7 Å². The molecule has 1 amide bonds. The summed E-state index contributed by atoms with van der Waals surface area (Å²) in [6, 6.07) is -0.979. The summed E-state index contributed by atoms with van der Waals surface area (Å²) in [6.07, 6.45) is 28.3. The van der Waals surface area contributed by atoms with Gasteiger partial charge in [-0.25, -0.2) is 0 Å². The molecular weight excluding hydrogens is 674 g/mol. The molecule has 1 fully saturated rings. The summed E-state index contributed by atoms with van der Waals surface area (Å²) < 4.78 is 11.1. The lowest BCUT2D eigenvalue weighted by Gasteiger charge is -2.40. The largest absolute Gasteiger partial charge is 0.394 e. The zero-order chi connectivity index (χ0) is 38.9. The van der Waals surface area contributed by atoms with Crippen molar-refractivity contribution in [3.8, 4) is 0 Å². The Morgan fingerprint density at radius 2 is 1.09 bits per heavy atom. The Kier molecular flexibility index (Phi) is 31.8. The van der Waals surface area contributed by atoms with Crippen molar-refractivity contribution < 1.29 is 44.9 Å². The molecule has 10 nitrogen and oxygen atoms in total. The number of allylic oxidation sites excluding steroid dienone is 3. The summed E-state index contributed by atoms with van der Waals surface area (Å²) in [5, 5.41) is 64.5. The first kappa shape index (κ1) is 49.6. The van der Waals surface area contributed by atoms with E-state index in [-0.39, 0.29) is 6.61 Å². The number of unbranched alkanes of at least 4 members (excludes halogenated alkanes) is 22. The van der Waals surface area contributed by atoms with Crippen LogP contribution in [0.5, 0.6) is 0 Å². The first-order valence-electron chi connectivity index (χ1n) is 21.7. The minimum Gasteiger partial charge on any atom is -0.394 e. The van der Waals surface area contributed by atoms with Crippen LogP contribution in [0.15, 0.2) is 24.3 Å². The summed E-state index contributed by atoms with van der Waals surface area (Å²) in [5.41, 5.74) is 0. The van der Waals surface area contributed by atoms with Crippen LogP contribution in [0.1, 0.15) is 181 Å². The molecule has 0 spiro atoms. The predicted molar refractivity (Wildman–Crippen MR) is 213 cm³/mol. The van der Waals surface area contributed by atoms with E-state index in [2.05, 4.69) is 31.3 Å². The van der Waals surface area contributed by atoms with Gasteiger partial charge in [0.05, 0.1) is 25.4 Å². The van der Waals surface area contributed by atoms with Gasteiger partial charge in [0.2, 0.25) is 5.91 Å². The number of carbonyl (C=O) groups excluding carboxylic acids is 1. The molecule has 0 aromatic carbocycles. The van der Waals surface area contributed by atoms with Gasteiger partial charge in [-0.15, -0.1) is 0 Å². The van der Waals surface area contributed by atoms with Crippen LogP contribution >= 0.6 is 0 Å². The number of hydrogen-bond donors (Lipinski definition) is 7. The second kappa shape index (κ2) is 33.9. The molecule has 1 aliphatic rings. The van der Waals surface area contributed by atoms with E-state index in [4.69, 9.17) is 9.47 Å². The molecule has 312 valence electrons. The number of amides is 1. The van der Waals surface area contributed by atoms with Gasteiger partial charge in [-0.1, -0.05) is 160 Å². The van der Waals surface area contributed by atoms with E-state index in [0.29, 0.717) is 6.42 Å². The molecule has 7 N–H and O–H groups in total. The van der Waals surface area contributed by atoms with E-state index in [1.165, 1.54) is 103 Å². The van der Waals surface area contributed by atoms with Gasteiger partial charge in [-0.05, 0) is 44.9 Å². The van der Waals surface area contributed by atoms with Gasteiger partial charge in [-0.2, -0.15) is 0 Å². The second-order valence-electron chi connectivity index (χ2n) is 15.3. The lowest BCUT2D eigenvalue weighted by Crippen LogP contribution is -2.60. The van der Waals surface area contributed by atoms with E-state index < -0.39 is 61.5 Å². The fourth-order valence-corrected chi connectivity index (χ4v) is 6.74. The number of carbonyl (C=O) groups is 1. The van der Waals surface area contributed by atoms with Gasteiger partial charge in [-0.3, -0.25) is 4.79 Å². The van der Waals surface area contributed by atoms with Crippen LogP contribution in [0.2, 0.25) is 0 Å². The van der Waals surface area contributed by atoms with Crippen LogP contribution in [0.25, 0.3) is 0 Å². The number of rotatable bonds is 35. The van der Waals surface area contributed by atoms with Crippen LogP contribution in [-0.2, 0) is 14.3 Å². The normalized spacial score (nSPS) is 22.5. The number of hydrogen-bond acceptors (Lipinski definition) is 9. The van der Waals surface area contributed by atoms with Crippen molar-refractivity contribution in [2.75, 3.05) is 13.2 Å². The fraction of sp³-hybridized carbons (Fsp3) is 0.884. The maximum absolute atomic E-state index is 13.0. The van der Waals surface area contributed by atoms with Crippen molar-refractivity contribution in [1.82, 2.24) is 5.32 Å². The molecule has 1 aliphatic heterocycles. The lowest BCUT2D eigenvalue weighted by atomic mass is 9.99. The predicted octanol–water partition coefficient (Wildman–Crippen LogP) is 7.30. The van der Waals surface area contributed by atoms with Gasteiger partial charge >= 0.3 is 0 Å². The van der Waals surface area contributed by atoms with E-state index >= 15 is 0 Å². The Morgan fingerprint density at radius 1 is 0.642 bits per heavy atom. The highest BCUT2D eigenvalue weighted by atomic mass is 16.7. The molecule has 1 saturated heterocycles. The molecule has 0 aliphatic carbocycles. The smallest absolute Gasteiger partial charge is 0.249 e. The second-order valence-corrected chi connectivity index (χ2v) is 15.3. The molecule has 1 rings (SSSR count). The third kappa shape index (κ3) is 24.7. The monoisotopic (exact) mass is 756 g/mol. The topological polar surface area (TPSA) is 169 Å². The molecule has 0 bridgehead atoms. The van der Waals surface area contributed by atoms with Crippen LogP contribution in [0, 0.1) is 0 Å². The van der Waals surface area contributed by atoms with Crippen molar-refractivity contribution in [2.24, 2.45) is 0 Å². The molecule has 0 radical (unpaired) electrons. The van der Waals surface area contributed by atoms with E-state index in [0.717, 1.165) is 57.8 Å². The molecule has 0 aromatic rings.